The Bertz CT molecular complexity index is 1130. The molecule has 8 heteroatoms. The number of nitrogens with one attached hydrogen (secondary N) is 4. The predicted molar refractivity (Wildman–Crippen MR) is 118 cm³/mol. The van der Waals surface area contributed by atoms with E-state index in [1.807, 2.05) is 31.2 Å². The summed E-state index contributed by atoms with van der Waals surface area (Å²) in [5.74, 6) is 0.598. The quantitative estimate of drug-likeness (QED) is 0.523. The molecule has 3 aromatic rings. The van der Waals surface area contributed by atoms with Gasteiger partial charge in [-0.25, -0.2) is 9.48 Å². The average Bonchev–Trinajstić information content (AvgIpc) is 3.38. The molecule has 5 rings (SSSR count). The Kier molecular flexibility index (Phi) is 5.07. The fourth-order valence-electron chi connectivity index (χ4n) is 4.68. The summed E-state index contributed by atoms with van der Waals surface area (Å²) in [6.07, 6.45) is 2.45. The number of fused-ring (bicyclic) bond motifs is 2. The van der Waals surface area contributed by atoms with Gasteiger partial charge in [0.25, 0.3) is 0 Å². The molecule has 8 nitrogen and oxygen atoms in total. The van der Waals surface area contributed by atoms with Crippen LogP contribution in [-0.2, 0) is 11.3 Å². The van der Waals surface area contributed by atoms with Crippen LogP contribution in [0.3, 0.4) is 0 Å². The van der Waals surface area contributed by atoms with Crippen molar-refractivity contribution in [2.24, 2.45) is 5.92 Å². The number of aryl methyl sites for hydroxylation is 1. The highest BCUT2D eigenvalue weighted by atomic mass is 16.2. The fourth-order valence-corrected chi connectivity index (χ4v) is 4.68. The van der Waals surface area contributed by atoms with Gasteiger partial charge in [-0.3, -0.25) is 15.4 Å². The predicted octanol–water partition coefficient (Wildman–Crippen LogP) is 3.01. The summed E-state index contributed by atoms with van der Waals surface area (Å²) in [4.78, 5) is 25.1. The number of carbonyl (C=O) groups excluding carboxylic acids is 2. The van der Waals surface area contributed by atoms with E-state index in [0.29, 0.717) is 12.4 Å². The van der Waals surface area contributed by atoms with Crippen molar-refractivity contribution in [2.45, 2.75) is 45.1 Å². The highest BCUT2D eigenvalue weighted by Gasteiger charge is 2.40. The van der Waals surface area contributed by atoms with Crippen LogP contribution in [0.2, 0.25) is 0 Å². The van der Waals surface area contributed by atoms with Crippen molar-refractivity contribution in [3.05, 3.63) is 59.8 Å². The molecule has 0 radical (unpaired) electrons. The first kappa shape index (κ1) is 19.6. The number of anilines is 1. The maximum atomic E-state index is 12.6. The number of aromatic nitrogens is 2. The van der Waals surface area contributed by atoms with E-state index in [4.69, 9.17) is 0 Å². The maximum Gasteiger partial charge on any atom is 0.320 e. The molecule has 31 heavy (non-hydrogen) atoms. The summed E-state index contributed by atoms with van der Waals surface area (Å²) in [5.41, 5.74) is 1.81. The Hall–Kier alpha value is -3.39. The molecular formula is C23H26N6O2. The van der Waals surface area contributed by atoms with Crippen LogP contribution < -0.4 is 21.3 Å². The number of carbonyl (C=O) groups is 2. The van der Waals surface area contributed by atoms with E-state index in [9.17, 15) is 9.59 Å². The topological polar surface area (TPSA) is 100 Å². The van der Waals surface area contributed by atoms with Gasteiger partial charge in [0.1, 0.15) is 5.82 Å². The first-order valence-electron chi connectivity index (χ1n) is 10.7. The third kappa shape index (κ3) is 3.86. The van der Waals surface area contributed by atoms with Crippen molar-refractivity contribution < 1.29 is 9.59 Å². The largest absolute Gasteiger partial charge is 0.334 e. The second kappa shape index (κ2) is 8.03. The number of rotatable bonds is 4. The third-order valence-corrected chi connectivity index (χ3v) is 6.17. The highest BCUT2D eigenvalue weighted by molar-refractivity contribution is 5.90. The third-order valence-electron chi connectivity index (χ3n) is 6.17. The van der Waals surface area contributed by atoms with E-state index in [2.05, 4.69) is 44.6 Å². The van der Waals surface area contributed by atoms with Crippen molar-refractivity contribution >= 4 is 28.5 Å². The van der Waals surface area contributed by atoms with Crippen molar-refractivity contribution in [2.75, 3.05) is 5.32 Å². The van der Waals surface area contributed by atoms with Crippen molar-refractivity contribution in [1.82, 2.24) is 25.7 Å². The Balaban J connectivity index is 1.28. The van der Waals surface area contributed by atoms with Crippen molar-refractivity contribution in [3.63, 3.8) is 0 Å². The molecule has 2 aromatic carbocycles. The molecule has 2 fully saturated rings. The van der Waals surface area contributed by atoms with Gasteiger partial charge < -0.3 is 10.6 Å². The van der Waals surface area contributed by atoms with Crippen molar-refractivity contribution in [3.8, 4) is 0 Å². The summed E-state index contributed by atoms with van der Waals surface area (Å²) in [5, 5.41) is 19.0. The summed E-state index contributed by atoms with van der Waals surface area (Å²) >= 11 is 0. The zero-order chi connectivity index (χ0) is 21.4. The number of benzene rings is 2. The zero-order valence-electron chi connectivity index (χ0n) is 17.4. The molecule has 1 saturated heterocycles. The average molecular weight is 419 g/mol. The first-order chi connectivity index (χ1) is 15.1. The lowest BCUT2D eigenvalue weighted by atomic mass is 10.0. The van der Waals surface area contributed by atoms with Crippen LogP contribution >= 0.6 is 0 Å². The van der Waals surface area contributed by atoms with E-state index in [0.717, 1.165) is 41.3 Å². The standard InChI is InChI=1S/C23H26N6O2/c1-14-12-20(29(28-14)22-25-19-11-5-10-18(19)21(30)27-22)26-23(31)24-13-16-8-4-7-15-6-2-3-9-17(15)16/h2-4,6-9,12,18-19,22,25H,5,10-11,13H2,1H3,(H,27,30)(H2,24,26,31). The maximum absolute atomic E-state index is 12.6. The second-order valence-corrected chi connectivity index (χ2v) is 8.28. The van der Waals surface area contributed by atoms with E-state index in [1.165, 1.54) is 0 Å². The molecule has 1 aliphatic carbocycles. The zero-order valence-corrected chi connectivity index (χ0v) is 17.4. The molecule has 1 saturated carbocycles. The highest BCUT2D eigenvalue weighted by Crippen LogP contribution is 2.30. The molecule has 3 unspecified atom stereocenters. The molecule has 1 aliphatic heterocycles. The minimum atomic E-state index is -0.478. The van der Waals surface area contributed by atoms with Gasteiger partial charge >= 0.3 is 6.03 Å². The van der Waals surface area contributed by atoms with Crippen LogP contribution in [0.1, 0.15) is 36.8 Å². The van der Waals surface area contributed by atoms with Crippen LogP contribution in [0.25, 0.3) is 10.8 Å². The Labute approximate surface area is 180 Å². The lowest BCUT2D eigenvalue weighted by Crippen LogP contribution is -2.57. The second-order valence-electron chi connectivity index (χ2n) is 8.28. The minimum Gasteiger partial charge on any atom is -0.334 e. The Morgan fingerprint density at radius 1 is 1.19 bits per heavy atom. The van der Waals surface area contributed by atoms with Crippen molar-refractivity contribution in [1.29, 1.82) is 0 Å². The van der Waals surface area contributed by atoms with Gasteiger partial charge in [-0.05, 0) is 36.1 Å². The summed E-state index contributed by atoms with van der Waals surface area (Å²) in [6.45, 7) is 2.27. The van der Waals surface area contributed by atoms with Gasteiger partial charge in [-0.15, -0.1) is 0 Å². The molecule has 0 bridgehead atoms. The van der Waals surface area contributed by atoms with Crippen LogP contribution in [0.15, 0.2) is 48.5 Å². The smallest absolute Gasteiger partial charge is 0.320 e. The molecule has 3 atom stereocenters. The van der Waals surface area contributed by atoms with Gasteiger partial charge in [0.05, 0.1) is 11.6 Å². The number of amides is 3. The number of urea groups is 1. The molecule has 2 aliphatic rings. The fraction of sp³-hybridized carbons (Fsp3) is 0.348. The molecule has 1 aromatic heterocycles. The molecule has 3 amide bonds. The molecule has 0 spiro atoms. The lowest BCUT2D eigenvalue weighted by Gasteiger charge is -2.34. The van der Waals surface area contributed by atoms with E-state index in [-0.39, 0.29) is 23.9 Å². The molecule has 160 valence electrons. The molecule has 4 N–H and O–H groups in total. The first-order valence-corrected chi connectivity index (χ1v) is 10.7. The van der Waals surface area contributed by atoms with Gasteiger partial charge in [-0.2, -0.15) is 5.10 Å². The number of hydrogen-bond acceptors (Lipinski definition) is 4. The van der Waals surface area contributed by atoms with E-state index >= 15 is 0 Å². The monoisotopic (exact) mass is 418 g/mol. The number of hydrogen-bond donors (Lipinski definition) is 4. The van der Waals surface area contributed by atoms with Crippen LogP contribution in [0.5, 0.6) is 0 Å². The summed E-state index contributed by atoms with van der Waals surface area (Å²) in [6, 6.07) is 15.8. The van der Waals surface area contributed by atoms with Crippen LogP contribution in [0, 0.1) is 12.8 Å². The Morgan fingerprint density at radius 3 is 2.94 bits per heavy atom. The normalized spacial score (nSPS) is 22.7. The van der Waals surface area contributed by atoms with E-state index in [1.54, 1.807) is 10.7 Å². The molecule has 2 heterocycles. The Morgan fingerprint density at radius 2 is 2.03 bits per heavy atom. The summed E-state index contributed by atoms with van der Waals surface area (Å²) in [7, 11) is 0. The summed E-state index contributed by atoms with van der Waals surface area (Å²) < 4.78 is 1.64. The minimum absolute atomic E-state index is 0.0216. The van der Waals surface area contributed by atoms with Gasteiger partial charge in [0.2, 0.25) is 5.91 Å². The molecular weight excluding hydrogens is 392 g/mol. The SMILES string of the molecule is Cc1cc(NC(=O)NCc2cccc3ccccc23)n(C2NC(=O)C3CCCC3N2)n1. The van der Waals surface area contributed by atoms with Crippen LogP contribution in [0.4, 0.5) is 10.6 Å². The number of nitrogens with zero attached hydrogens (tertiary/aromatic N) is 2. The van der Waals surface area contributed by atoms with E-state index < -0.39 is 6.29 Å². The van der Waals surface area contributed by atoms with Gasteiger partial charge in [0.15, 0.2) is 6.29 Å². The van der Waals surface area contributed by atoms with Crippen LogP contribution in [-0.4, -0.2) is 27.8 Å². The van der Waals surface area contributed by atoms with Gasteiger partial charge in [-0.1, -0.05) is 48.9 Å². The lowest BCUT2D eigenvalue weighted by molar-refractivity contribution is -0.130. The van der Waals surface area contributed by atoms with Gasteiger partial charge in [0, 0.05) is 18.7 Å².